The molecule has 1 N–H and O–H groups in total. The summed E-state index contributed by atoms with van der Waals surface area (Å²) < 4.78 is 11.4. The van der Waals surface area contributed by atoms with E-state index in [0.29, 0.717) is 29.2 Å². The second-order valence-electron chi connectivity index (χ2n) is 8.81. The number of hydrogen-bond acceptors (Lipinski definition) is 5. The van der Waals surface area contributed by atoms with E-state index in [2.05, 4.69) is 10.5 Å². The molecule has 0 aromatic heterocycles. The Balaban J connectivity index is 1.32. The third-order valence-corrected chi connectivity index (χ3v) is 6.12. The number of hydrazone groups is 1. The van der Waals surface area contributed by atoms with Crippen LogP contribution in [0.25, 0.3) is 0 Å². The van der Waals surface area contributed by atoms with Crippen molar-refractivity contribution in [3.05, 3.63) is 94.5 Å². The van der Waals surface area contributed by atoms with Gasteiger partial charge in [0.15, 0.2) is 11.5 Å². The van der Waals surface area contributed by atoms with Gasteiger partial charge < -0.3 is 14.4 Å². The van der Waals surface area contributed by atoms with Crippen molar-refractivity contribution >= 4 is 18.0 Å². The van der Waals surface area contributed by atoms with E-state index in [1.54, 1.807) is 37.6 Å². The molecule has 1 saturated heterocycles. The molecule has 7 nitrogen and oxygen atoms in total. The van der Waals surface area contributed by atoms with Gasteiger partial charge >= 0.3 is 0 Å². The lowest BCUT2D eigenvalue weighted by atomic mass is 10.1. The molecule has 3 aromatic rings. The number of benzene rings is 3. The first-order chi connectivity index (χ1) is 17.5. The number of methoxy groups -OCH3 is 1. The molecule has 186 valence electrons. The molecule has 36 heavy (non-hydrogen) atoms. The second-order valence-corrected chi connectivity index (χ2v) is 8.81. The van der Waals surface area contributed by atoms with Crippen LogP contribution in [0.3, 0.4) is 0 Å². The Morgan fingerprint density at radius 3 is 2.31 bits per heavy atom. The molecule has 0 radical (unpaired) electrons. The van der Waals surface area contributed by atoms with Gasteiger partial charge in [0.2, 0.25) is 0 Å². The van der Waals surface area contributed by atoms with E-state index in [4.69, 9.17) is 9.47 Å². The number of amides is 2. The number of carbonyl (C=O) groups is 2. The Hall–Kier alpha value is -4.13. The Kier molecular flexibility index (Phi) is 8.34. The minimum absolute atomic E-state index is 0.0937. The van der Waals surface area contributed by atoms with Gasteiger partial charge in [-0.1, -0.05) is 29.8 Å². The lowest BCUT2D eigenvalue weighted by molar-refractivity contribution is 0.0724. The van der Waals surface area contributed by atoms with Crippen molar-refractivity contribution in [3.63, 3.8) is 0 Å². The monoisotopic (exact) mass is 485 g/mol. The van der Waals surface area contributed by atoms with Crippen molar-refractivity contribution < 1.29 is 19.1 Å². The van der Waals surface area contributed by atoms with Gasteiger partial charge in [0.1, 0.15) is 6.61 Å². The summed E-state index contributed by atoms with van der Waals surface area (Å²) in [6.07, 6.45) is 4.90. The van der Waals surface area contributed by atoms with Crippen molar-refractivity contribution in [1.29, 1.82) is 0 Å². The van der Waals surface area contributed by atoms with Gasteiger partial charge in [0.25, 0.3) is 11.8 Å². The van der Waals surface area contributed by atoms with Crippen LogP contribution in [0.5, 0.6) is 11.5 Å². The molecule has 0 atom stereocenters. The Labute approximate surface area is 211 Å². The zero-order valence-corrected chi connectivity index (χ0v) is 20.7. The number of rotatable bonds is 8. The van der Waals surface area contributed by atoms with Crippen molar-refractivity contribution in [2.75, 3.05) is 20.2 Å². The van der Waals surface area contributed by atoms with Crippen molar-refractivity contribution in [2.24, 2.45) is 5.10 Å². The minimum atomic E-state index is -0.276. The van der Waals surface area contributed by atoms with E-state index in [9.17, 15) is 9.59 Å². The second kappa shape index (κ2) is 12.0. The van der Waals surface area contributed by atoms with E-state index >= 15 is 0 Å². The molecule has 3 aromatic carbocycles. The number of nitrogens with zero attached hydrogens (tertiary/aromatic N) is 2. The largest absolute Gasteiger partial charge is 0.493 e. The van der Waals surface area contributed by atoms with E-state index < -0.39 is 0 Å². The van der Waals surface area contributed by atoms with Crippen molar-refractivity contribution in [2.45, 2.75) is 32.8 Å². The third-order valence-electron chi connectivity index (χ3n) is 6.12. The van der Waals surface area contributed by atoms with Crippen LogP contribution in [0.15, 0.2) is 71.8 Å². The maximum Gasteiger partial charge on any atom is 0.271 e. The zero-order chi connectivity index (χ0) is 25.3. The van der Waals surface area contributed by atoms with Gasteiger partial charge in [-0.3, -0.25) is 9.59 Å². The molecule has 0 spiro atoms. The molecule has 0 unspecified atom stereocenters. The molecule has 1 aliphatic rings. The number of piperidine rings is 1. The smallest absolute Gasteiger partial charge is 0.271 e. The van der Waals surface area contributed by atoms with Crippen LogP contribution >= 0.6 is 0 Å². The summed E-state index contributed by atoms with van der Waals surface area (Å²) in [4.78, 5) is 26.8. The van der Waals surface area contributed by atoms with Crippen LogP contribution in [-0.2, 0) is 6.61 Å². The predicted octanol–water partition coefficient (Wildman–Crippen LogP) is 4.97. The van der Waals surface area contributed by atoms with Gasteiger partial charge in [-0.2, -0.15) is 5.10 Å². The Bertz CT molecular complexity index is 1210. The predicted molar refractivity (Wildman–Crippen MR) is 140 cm³/mol. The van der Waals surface area contributed by atoms with Crippen LogP contribution in [0.2, 0.25) is 0 Å². The molecule has 0 aliphatic carbocycles. The van der Waals surface area contributed by atoms with Gasteiger partial charge in [0, 0.05) is 24.2 Å². The lowest BCUT2D eigenvalue weighted by Crippen LogP contribution is -2.35. The Morgan fingerprint density at radius 1 is 0.917 bits per heavy atom. The third kappa shape index (κ3) is 6.50. The zero-order valence-electron chi connectivity index (χ0n) is 20.7. The minimum Gasteiger partial charge on any atom is -0.493 e. The highest BCUT2D eigenvalue weighted by atomic mass is 16.5. The van der Waals surface area contributed by atoms with Crippen LogP contribution < -0.4 is 14.9 Å². The number of nitrogens with one attached hydrogen (secondary N) is 1. The highest BCUT2D eigenvalue weighted by Crippen LogP contribution is 2.28. The summed E-state index contributed by atoms with van der Waals surface area (Å²) in [6, 6.07) is 20.3. The molecular formula is C29H31N3O4. The van der Waals surface area contributed by atoms with Crippen molar-refractivity contribution in [1.82, 2.24) is 10.3 Å². The topological polar surface area (TPSA) is 80.2 Å². The summed E-state index contributed by atoms with van der Waals surface area (Å²) in [7, 11) is 1.57. The normalized spacial score (nSPS) is 13.4. The van der Waals surface area contributed by atoms with Crippen LogP contribution in [0.1, 0.15) is 56.7 Å². The lowest BCUT2D eigenvalue weighted by Gasteiger charge is -2.26. The fraction of sp³-hybridized carbons (Fsp3) is 0.276. The average molecular weight is 486 g/mol. The maximum absolute atomic E-state index is 12.6. The van der Waals surface area contributed by atoms with E-state index in [-0.39, 0.29) is 11.8 Å². The molecule has 1 fully saturated rings. The summed E-state index contributed by atoms with van der Waals surface area (Å²) in [5.74, 6) is 0.963. The fourth-order valence-corrected chi connectivity index (χ4v) is 4.00. The fourth-order valence-electron chi connectivity index (χ4n) is 4.00. The van der Waals surface area contributed by atoms with E-state index in [1.807, 2.05) is 54.3 Å². The number of ether oxygens (including phenoxy) is 2. The maximum atomic E-state index is 12.6. The quantitative estimate of drug-likeness (QED) is 0.361. The average Bonchev–Trinajstić information content (AvgIpc) is 2.93. The first kappa shape index (κ1) is 25.0. The number of likely N-dealkylation sites (tertiary alicyclic amines) is 1. The van der Waals surface area contributed by atoms with Gasteiger partial charge in [-0.15, -0.1) is 0 Å². The molecule has 1 aliphatic heterocycles. The molecule has 0 saturated carbocycles. The first-order valence-electron chi connectivity index (χ1n) is 12.1. The standard InChI is InChI=1S/C29H31N3O4/c1-21-6-11-24(12-7-21)28(33)31-30-19-23-10-15-26(27(18-23)35-2)36-20-22-8-13-25(14-9-22)29(34)32-16-4-3-5-17-32/h6-15,18-19H,3-5,16-17,20H2,1-2H3,(H,31,33)/b30-19-. The molecule has 1 heterocycles. The molecule has 7 heteroatoms. The highest BCUT2D eigenvalue weighted by molar-refractivity contribution is 5.95. The van der Waals surface area contributed by atoms with Crippen LogP contribution in [0, 0.1) is 6.92 Å². The number of hydrogen-bond donors (Lipinski definition) is 1. The van der Waals surface area contributed by atoms with Crippen molar-refractivity contribution in [3.8, 4) is 11.5 Å². The van der Waals surface area contributed by atoms with Crippen LogP contribution in [-0.4, -0.2) is 43.1 Å². The van der Waals surface area contributed by atoms with Gasteiger partial charge in [-0.25, -0.2) is 5.43 Å². The van der Waals surface area contributed by atoms with Gasteiger partial charge in [0.05, 0.1) is 13.3 Å². The number of aryl methyl sites for hydroxylation is 1. The van der Waals surface area contributed by atoms with E-state index in [0.717, 1.165) is 42.6 Å². The SMILES string of the molecule is COc1cc(/C=N\NC(=O)c2ccc(C)cc2)ccc1OCc1ccc(C(=O)N2CCCCC2)cc1. The van der Waals surface area contributed by atoms with E-state index in [1.165, 1.54) is 6.42 Å². The molecule has 0 bridgehead atoms. The van der Waals surface area contributed by atoms with Gasteiger partial charge in [-0.05, 0) is 79.8 Å². The summed E-state index contributed by atoms with van der Waals surface area (Å²) in [5.41, 5.74) is 6.58. The summed E-state index contributed by atoms with van der Waals surface area (Å²) in [6.45, 7) is 3.98. The summed E-state index contributed by atoms with van der Waals surface area (Å²) >= 11 is 0. The number of carbonyl (C=O) groups excluding carboxylic acids is 2. The Morgan fingerprint density at radius 2 is 1.61 bits per heavy atom. The first-order valence-corrected chi connectivity index (χ1v) is 12.1. The highest BCUT2D eigenvalue weighted by Gasteiger charge is 2.18. The molecular weight excluding hydrogens is 454 g/mol. The molecule has 4 rings (SSSR count). The summed E-state index contributed by atoms with van der Waals surface area (Å²) in [5, 5.41) is 4.04. The molecule has 2 amide bonds. The van der Waals surface area contributed by atoms with Crippen LogP contribution in [0.4, 0.5) is 0 Å².